The Bertz CT molecular complexity index is 350. The second-order valence-electron chi connectivity index (χ2n) is 4.69. The first-order valence-corrected chi connectivity index (χ1v) is 6.11. The predicted octanol–water partition coefficient (Wildman–Crippen LogP) is 1.96. The Morgan fingerprint density at radius 1 is 1.29 bits per heavy atom. The van der Waals surface area contributed by atoms with Gasteiger partial charge in [-0.1, -0.05) is 12.1 Å². The van der Waals surface area contributed by atoms with Crippen LogP contribution in [0.15, 0.2) is 18.2 Å². The van der Waals surface area contributed by atoms with Crippen molar-refractivity contribution in [2.75, 3.05) is 27.2 Å². The van der Waals surface area contributed by atoms with Gasteiger partial charge in [0.25, 0.3) is 0 Å². The zero-order chi connectivity index (χ0) is 12.8. The van der Waals surface area contributed by atoms with E-state index < -0.39 is 0 Å². The van der Waals surface area contributed by atoms with Crippen LogP contribution in [0.3, 0.4) is 0 Å². The van der Waals surface area contributed by atoms with Crippen LogP contribution in [0.4, 0.5) is 0 Å². The van der Waals surface area contributed by atoms with Gasteiger partial charge in [-0.15, -0.1) is 0 Å². The Hall–Kier alpha value is -1.06. The molecule has 2 N–H and O–H groups in total. The van der Waals surface area contributed by atoms with Crippen molar-refractivity contribution in [3.8, 4) is 5.75 Å². The third kappa shape index (κ3) is 4.02. The van der Waals surface area contributed by atoms with Crippen LogP contribution in [0, 0.1) is 13.8 Å². The van der Waals surface area contributed by atoms with Gasteiger partial charge in [0.2, 0.25) is 0 Å². The molecular formula is C14H24N2O. The first kappa shape index (κ1) is 14.0. The largest absolute Gasteiger partial charge is 0.493 e. The van der Waals surface area contributed by atoms with Gasteiger partial charge in [-0.05, 0) is 51.6 Å². The standard InChI is InChI=1S/C14H24N2O/c1-11-6-5-7-14(12(11)2)17-9-8-13(10-15)16(3)4/h5-7,13H,8-10,15H2,1-4H3. The molecule has 1 aromatic carbocycles. The molecule has 17 heavy (non-hydrogen) atoms. The van der Waals surface area contributed by atoms with Gasteiger partial charge in [-0.2, -0.15) is 0 Å². The van der Waals surface area contributed by atoms with Crippen LogP contribution in [-0.2, 0) is 0 Å². The molecule has 0 aliphatic rings. The van der Waals surface area contributed by atoms with Crippen molar-refractivity contribution in [3.63, 3.8) is 0 Å². The zero-order valence-electron chi connectivity index (χ0n) is 11.4. The summed E-state index contributed by atoms with van der Waals surface area (Å²) in [5, 5.41) is 0. The van der Waals surface area contributed by atoms with Crippen LogP contribution in [0.5, 0.6) is 5.75 Å². The highest BCUT2D eigenvalue weighted by molar-refractivity contribution is 5.38. The lowest BCUT2D eigenvalue weighted by Crippen LogP contribution is -2.36. The summed E-state index contributed by atoms with van der Waals surface area (Å²) in [5.74, 6) is 0.986. The Morgan fingerprint density at radius 2 is 2.00 bits per heavy atom. The van der Waals surface area contributed by atoms with Gasteiger partial charge in [0.15, 0.2) is 0 Å². The van der Waals surface area contributed by atoms with Crippen molar-refractivity contribution in [3.05, 3.63) is 29.3 Å². The van der Waals surface area contributed by atoms with Crippen LogP contribution < -0.4 is 10.5 Å². The van der Waals surface area contributed by atoms with Crippen molar-refractivity contribution in [2.24, 2.45) is 5.73 Å². The first-order chi connectivity index (χ1) is 8.06. The van der Waals surface area contributed by atoms with Gasteiger partial charge in [0, 0.05) is 12.6 Å². The molecule has 0 saturated heterocycles. The molecule has 0 heterocycles. The van der Waals surface area contributed by atoms with Crippen molar-refractivity contribution in [1.29, 1.82) is 0 Å². The highest BCUT2D eigenvalue weighted by atomic mass is 16.5. The smallest absolute Gasteiger partial charge is 0.122 e. The lowest BCUT2D eigenvalue weighted by molar-refractivity contribution is 0.225. The van der Waals surface area contributed by atoms with E-state index in [1.54, 1.807) is 0 Å². The third-order valence-corrected chi connectivity index (χ3v) is 3.27. The van der Waals surface area contributed by atoms with E-state index in [0.29, 0.717) is 19.2 Å². The molecule has 1 rings (SSSR count). The summed E-state index contributed by atoms with van der Waals surface area (Å²) in [6.45, 7) is 5.58. The highest BCUT2D eigenvalue weighted by Crippen LogP contribution is 2.20. The molecule has 0 aliphatic heterocycles. The SMILES string of the molecule is Cc1cccc(OCCC(CN)N(C)C)c1C. The quantitative estimate of drug-likeness (QED) is 0.820. The Morgan fingerprint density at radius 3 is 2.59 bits per heavy atom. The fourth-order valence-electron chi connectivity index (χ4n) is 1.77. The van der Waals surface area contributed by atoms with E-state index >= 15 is 0 Å². The third-order valence-electron chi connectivity index (χ3n) is 3.27. The van der Waals surface area contributed by atoms with E-state index in [1.165, 1.54) is 11.1 Å². The van der Waals surface area contributed by atoms with E-state index in [1.807, 2.05) is 12.1 Å². The van der Waals surface area contributed by atoms with E-state index in [-0.39, 0.29) is 0 Å². The molecule has 3 nitrogen and oxygen atoms in total. The molecule has 0 radical (unpaired) electrons. The number of benzene rings is 1. The molecule has 0 fully saturated rings. The van der Waals surface area contributed by atoms with E-state index in [2.05, 4.69) is 38.9 Å². The molecule has 96 valence electrons. The first-order valence-electron chi connectivity index (χ1n) is 6.11. The number of rotatable bonds is 6. The topological polar surface area (TPSA) is 38.5 Å². The molecule has 1 aromatic rings. The maximum absolute atomic E-state index is 5.82. The summed E-state index contributed by atoms with van der Waals surface area (Å²) in [5.41, 5.74) is 8.20. The molecule has 0 bridgehead atoms. The molecule has 3 heteroatoms. The van der Waals surface area contributed by atoms with Gasteiger partial charge in [0.05, 0.1) is 6.61 Å². The minimum absolute atomic E-state index is 0.389. The molecule has 1 atom stereocenters. The number of nitrogens with zero attached hydrogens (tertiary/aromatic N) is 1. The summed E-state index contributed by atoms with van der Waals surface area (Å²) in [7, 11) is 4.10. The van der Waals surface area contributed by atoms with Crippen molar-refractivity contribution < 1.29 is 4.74 Å². The summed E-state index contributed by atoms with van der Waals surface area (Å²) < 4.78 is 5.82. The van der Waals surface area contributed by atoms with Crippen molar-refractivity contribution in [1.82, 2.24) is 4.90 Å². The second-order valence-corrected chi connectivity index (χ2v) is 4.69. The van der Waals surface area contributed by atoms with Crippen LogP contribution in [-0.4, -0.2) is 38.2 Å². The van der Waals surface area contributed by atoms with E-state index in [0.717, 1.165) is 12.2 Å². The Balaban J connectivity index is 2.48. The maximum atomic E-state index is 5.82. The number of nitrogens with two attached hydrogens (primary N) is 1. The van der Waals surface area contributed by atoms with Gasteiger partial charge in [0.1, 0.15) is 5.75 Å². The monoisotopic (exact) mass is 236 g/mol. The van der Waals surface area contributed by atoms with Crippen LogP contribution in [0.25, 0.3) is 0 Å². The Kier molecular flexibility index (Phi) is 5.45. The van der Waals surface area contributed by atoms with Crippen LogP contribution >= 0.6 is 0 Å². The molecule has 0 aliphatic carbocycles. The predicted molar refractivity (Wildman–Crippen MR) is 72.6 cm³/mol. The molecule has 1 unspecified atom stereocenters. The molecule has 0 saturated carbocycles. The molecule has 0 amide bonds. The fraction of sp³-hybridized carbons (Fsp3) is 0.571. The average molecular weight is 236 g/mol. The fourth-order valence-corrected chi connectivity index (χ4v) is 1.77. The normalized spacial score (nSPS) is 12.8. The summed E-state index contributed by atoms with van der Waals surface area (Å²) in [6.07, 6.45) is 0.955. The van der Waals surface area contributed by atoms with Gasteiger partial charge < -0.3 is 15.4 Å². The van der Waals surface area contributed by atoms with E-state index in [9.17, 15) is 0 Å². The summed E-state index contributed by atoms with van der Waals surface area (Å²) in [4.78, 5) is 2.15. The van der Waals surface area contributed by atoms with Crippen molar-refractivity contribution >= 4 is 0 Å². The van der Waals surface area contributed by atoms with Gasteiger partial charge in [-0.3, -0.25) is 0 Å². The number of hydrogen-bond donors (Lipinski definition) is 1. The molecule has 0 aromatic heterocycles. The number of hydrogen-bond acceptors (Lipinski definition) is 3. The van der Waals surface area contributed by atoms with Crippen molar-refractivity contribution in [2.45, 2.75) is 26.3 Å². The minimum Gasteiger partial charge on any atom is -0.493 e. The van der Waals surface area contributed by atoms with Crippen LogP contribution in [0.1, 0.15) is 17.5 Å². The van der Waals surface area contributed by atoms with Crippen LogP contribution in [0.2, 0.25) is 0 Å². The number of ether oxygens (including phenoxy) is 1. The number of likely N-dealkylation sites (N-methyl/N-ethyl adjacent to an activating group) is 1. The maximum Gasteiger partial charge on any atom is 0.122 e. The van der Waals surface area contributed by atoms with Gasteiger partial charge in [-0.25, -0.2) is 0 Å². The summed E-state index contributed by atoms with van der Waals surface area (Å²) >= 11 is 0. The molecule has 0 spiro atoms. The molecular weight excluding hydrogens is 212 g/mol. The lowest BCUT2D eigenvalue weighted by Gasteiger charge is -2.22. The van der Waals surface area contributed by atoms with E-state index in [4.69, 9.17) is 10.5 Å². The zero-order valence-corrected chi connectivity index (χ0v) is 11.4. The highest BCUT2D eigenvalue weighted by Gasteiger charge is 2.09. The van der Waals surface area contributed by atoms with Gasteiger partial charge >= 0.3 is 0 Å². The Labute approximate surface area is 105 Å². The second kappa shape index (κ2) is 6.62. The minimum atomic E-state index is 0.389. The average Bonchev–Trinajstić information content (AvgIpc) is 2.29. The number of aryl methyl sites for hydroxylation is 1. The lowest BCUT2D eigenvalue weighted by atomic mass is 10.1. The summed E-state index contributed by atoms with van der Waals surface area (Å²) in [6, 6.07) is 6.55.